The minimum Gasteiger partial charge on any atom is -0.345 e. The number of hydrogen-bond acceptors (Lipinski definition) is 3. The van der Waals surface area contributed by atoms with E-state index in [0.717, 1.165) is 23.6 Å². The van der Waals surface area contributed by atoms with Crippen LogP contribution in [0.2, 0.25) is 0 Å². The van der Waals surface area contributed by atoms with Crippen molar-refractivity contribution in [3.8, 4) is 0 Å². The number of nitrogens with one attached hydrogen (secondary N) is 1. The Labute approximate surface area is 161 Å². The third-order valence-corrected chi connectivity index (χ3v) is 6.80. The number of fused-ring (bicyclic) bond motifs is 1. The molecule has 6 nitrogen and oxygen atoms in total. The first-order chi connectivity index (χ1) is 12.8. The monoisotopic (exact) mass is 387 g/mol. The average Bonchev–Trinajstić information content (AvgIpc) is 2.67. The number of carbonyl (C=O) groups is 1. The second-order valence-electron chi connectivity index (χ2n) is 6.92. The van der Waals surface area contributed by atoms with Crippen molar-refractivity contribution in [2.75, 3.05) is 25.4 Å². The van der Waals surface area contributed by atoms with Gasteiger partial charge < -0.3 is 5.32 Å². The van der Waals surface area contributed by atoms with Crippen LogP contribution in [0.15, 0.2) is 48.5 Å². The Balaban J connectivity index is 1.74. The zero-order valence-corrected chi connectivity index (χ0v) is 16.7. The van der Waals surface area contributed by atoms with Gasteiger partial charge in [-0.05, 0) is 54.7 Å². The van der Waals surface area contributed by atoms with Crippen molar-refractivity contribution in [3.05, 3.63) is 65.2 Å². The Morgan fingerprint density at radius 2 is 1.70 bits per heavy atom. The molecular weight excluding hydrogens is 362 g/mol. The highest BCUT2D eigenvalue weighted by Gasteiger charge is 2.23. The van der Waals surface area contributed by atoms with E-state index in [-0.39, 0.29) is 11.9 Å². The molecule has 1 aliphatic carbocycles. The summed E-state index contributed by atoms with van der Waals surface area (Å²) < 4.78 is 26.7. The third kappa shape index (κ3) is 3.99. The zero-order chi connectivity index (χ0) is 19.6. The fraction of sp³-hybridized carbons (Fsp3) is 0.350. The van der Waals surface area contributed by atoms with Gasteiger partial charge in [-0.15, -0.1) is 0 Å². The predicted octanol–water partition coefficient (Wildman–Crippen LogP) is 2.74. The van der Waals surface area contributed by atoms with Gasteiger partial charge in [0.05, 0.1) is 11.7 Å². The van der Waals surface area contributed by atoms with Crippen molar-refractivity contribution in [1.29, 1.82) is 0 Å². The lowest BCUT2D eigenvalue weighted by Crippen LogP contribution is -2.37. The highest BCUT2D eigenvalue weighted by atomic mass is 32.2. The number of amides is 1. The van der Waals surface area contributed by atoms with E-state index in [4.69, 9.17) is 0 Å². The van der Waals surface area contributed by atoms with E-state index in [1.807, 2.05) is 12.1 Å². The minimum absolute atomic E-state index is 0.0129. The summed E-state index contributed by atoms with van der Waals surface area (Å²) in [6.45, 7) is 0. The number of aryl methyl sites for hydroxylation is 1. The second kappa shape index (κ2) is 7.70. The number of rotatable bonds is 5. The molecule has 0 radical (unpaired) electrons. The molecule has 3 rings (SSSR count). The van der Waals surface area contributed by atoms with Gasteiger partial charge in [0.25, 0.3) is 5.91 Å². The summed E-state index contributed by atoms with van der Waals surface area (Å²) in [5.74, 6) is -0.152. The molecule has 0 bridgehead atoms. The standard InChI is InChI=1S/C20H25N3O3S/c1-22(2)27(25,26)23(3)17-13-11-16(12-14-17)20(24)21-19-10-6-8-15-7-4-5-9-18(15)19/h4-5,7,9,11-14,19H,6,8,10H2,1-3H3,(H,21,24)/t19-/m1/s1. The highest BCUT2D eigenvalue weighted by molar-refractivity contribution is 7.90. The maximum atomic E-state index is 12.7. The molecule has 1 atom stereocenters. The molecule has 0 unspecified atom stereocenters. The van der Waals surface area contributed by atoms with Crippen LogP contribution in [-0.2, 0) is 16.6 Å². The summed E-state index contributed by atoms with van der Waals surface area (Å²) in [6, 6.07) is 14.8. The third-order valence-electron chi connectivity index (χ3n) is 4.98. The van der Waals surface area contributed by atoms with Crippen LogP contribution >= 0.6 is 0 Å². The topological polar surface area (TPSA) is 69.7 Å². The number of nitrogens with zero attached hydrogens (tertiary/aromatic N) is 2. The maximum Gasteiger partial charge on any atom is 0.303 e. The van der Waals surface area contributed by atoms with Gasteiger partial charge in [-0.2, -0.15) is 12.7 Å². The van der Waals surface area contributed by atoms with E-state index in [9.17, 15) is 13.2 Å². The van der Waals surface area contributed by atoms with Crippen LogP contribution in [0.4, 0.5) is 5.69 Å². The molecule has 1 aliphatic rings. The first-order valence-electron chi connectivity index (χ1n) is 8.96. The molecule has 0 heterocycles. The lowest BCUT2D eigenvalue weighted by molar-refractivity contribution is 0.0933. The molecule has 0 saturated heterocycles. The fourth-order valence-corrected chi connectivity index (χ4v) is 4.22. The van der Waals surface area contributed by atoms with Crippen LogP contribution in [0.1, 0.15) is 40.4 Å². The molecule has 144 valence electrons. The average molecular weight is 388 g/mol. The van der Waals surface area contributed by atoms with Gasteiger partial charge in [-0.25, -0.2) is 0 Å². The summed E-state index contributed by atoms with van der Waals surface area (Å²) in [5.41, 5.74) is 3.49. The smallest absolute Gasteiger partial charge is 0.303 e. The first kappa shape index (κ1) is 19.4. The minimum atomic E-state index is -3.55. The summed E-state index contributed by atoms with van der Waals surface area (Å²) in [7, 11) is 0.900. The van der Waals surface area contributed by atoms with Crippen LogP contribution in [0.5, 0.6) is 0 Å². The van der Waals surface area contributed by atoms with Crippen LogP contribution < -0.4 is 9.62 Å². The van der Waals surface area contributed by atoms with Crippen LogP contribution in [0.25, 0.3) is 0 Å². The van der Waals surface area contributed by atoms with Crippen molar-refractivity contribution < 1.29 is 13.2 Å². The zero-order valence-electron chi connectivity index (χ0n) is 15.8. The van der Waals surface area contributed by atoms with Crippen molar-refractivity contribution in [2.45, 2.75) is 25.3 Å². The van der Waals surface area contributed by atoms with Gasteiger partial charge >= 0.3 is 10.2 Å². The maximum absolute atomic E-state index is 12.7. The number of benzene rings is 2. The SMILES string of the molecule is CN(C)S(=O)(=O)N(C)c1ccc(C(=O)N[C@@H]2CCCc3ccccc32)cc1. The highest BCUT2D eigenvalue weighted by Crippen LogP contribution is 2.29. The van der Waals surface area contributed by atoms with E-state index < -0.39 is 10.2 Å². The lowest BCUT2D eigenvalue weighted by Gasteiger charge is -2.26. The molecule has 1 N–H and O–H groups in total. The Morgan fingerprint density at radius 1 is 1.04 bits per heavy atom. The second-order valence-corrected chi connectivity index (χ2v) is 9.10. The summed E-state index contributed by atoms with van der Waals surface area (Å²) in [6.07, 6.45) is 3.02. The molecule has 0 saturated carbocycles. The van der Waals surface area contributed by atoms with Crippen LogP contribution in [0.3, 0.4) is 0 Å². The van der Waals surface area contributed by atoms with Crippen molar-refractivity contribution in [3.63, 3.8) is 0 Å². The quantitative estimate of drug-likeness (QED) is 0.858. The molecule has 2 aromatic rings. The van der Waals surface area contributed by atoms with Gasteiger partial charge in [0, 0.05) is 26.7 Å². The largest absolute Gasteiger partial charge is 0.345 e. The normalized spacial score (nSPS) is 16.7. The van der Waals surface area contributed by atoms with E-state index in [1.165, 1.54) is 36.6 Å². The Hall–Kier alpha value is -2.38. The summed E-state index contributed by atoms with van der Waals surface area (Å²) in [4.78, 5) is 12.7. The molecule has 27 heavy (non-hydrogen) atoms. The molecular formula is C20H25N3O3S. The number of anilines is 1. The molecule has 7 heteroatoms. The van der Waals surface area contributed by atoms with Crippen molar-refractivity contribution in [2.24, 2.45) is 0 Å². The van der Waals surface area contributed by atoms with E-state index >= 15 is 0 Å². The molecule has 0 fully saturated rings. The molecule has 2 aromatic carbocycles. The van der Waals surface area contributed by atoms with Gasteiger partial charge in [-0.1, -0.05) is 24.3 Å². The van der Waals surface area contributed by atoms with Crippen LogP contribution in [-0.4, -0.2) is 39.8 Å². The fourth-order valence-electron chi connectivity index (χ4n) is 3.35. The summed E-state index contributed by atoms with van der Waals surface area (Å²) in [5, 5.41) is 3.11. The van der Waals surface area contributed by atoms with Crippen molar-refractivity contribution >= 4 is 21.8 Å². The van der Waals surface area contributed by atoms with Crippen LogP contribution in [0, 0.1) is 0 Å². The number of carbonyl (C=O) groups excluding carboxylic acids is 1. The van der Waals surface area contributed by atoms with E-state index in [0.29, 0.717) is 11.3 Å². The molecule has 0 spiro atoms. The lowest BCUT2D eigenvalue weighted by atomic mass is 9.87. The summed E-state index contributed by atoms with van der Waals surface area (Å²) >= 11 is 0. The molecule has 0 aromatic heterocycles. The van der Waals surface area contributed by atoms with Gasteiger partial charge in [0.2, 0.25) is 0 Å². The van der Waals surface area contributed by atoms with Gasteiger partial charge in [0.15, 0.2) is 0 Å². The van der Waals surface area contributed by atoms with Crippen molar-refractivity contribution in [1.82, 2.24) is 9.62 Å². The first-order valence-corrected chi connectivity index (χ1v) is 10.4. The van der Waals surface area contributed by atoms with Gasteiger partial charge in [0.1, 0.15) is 0 Å². The Morgan fingerprint density at radius 3 is 2.37 bits per heavy atom. The predicted molar refractivity (Wildman–Crippen MR) is 107 cm³/mol. The Bertz CT molecular complexity index is 924. The Kier molecular flexibility index (Phi) is 5.53. The van der Waals surface area contributed by atoms with E-state index in [2.05, 4.69) is 17.4 Å². The molecule has 1 amide bonds. The van der Waals surface area contributed by atoms with E-state index in [1.54, 1.807) is 24.3 Å². The van der Waals surface area contributed by atoms with Gasteiger partial charge in [-0.3, -0.25) is 9.10 Å². The number of hydrogen-bond donors (Lipinski definition) is 1. The molecule has 0 aliphatic heterocycles.